The number of nitrogens with one attached hydrogen (secondary N) is 2. The number of nitrogens with zero attached hydrogens (tertiary/aromatic N) is 3. The summed E-state index contributed by atoms with van der Waals surface area (Å²) in [6.45, 7) is 4.68. The summed E-state index contributed by atoms with van der Waals surface area (Å²) in [5.74, 6) is 0.656. The van der Waals surface area contributed by atoms with Gasteiger partial charge in [-0.2, -0.15) is 10.2 Å². The van der Waals surface area contributed by atoms with Gasteiger partial charge < -0.3 is 10.1 Å². The molecule has 7 heteroatoms. The van der Waals surface area contributed by atoms with Crippen molar-refractivity contribution in [3.05, 3.63) is 29.8 Å². The van der Waals surface area contributed by atoms with Crippen LogP contribution in [0.15, 0.2) is 18.6 Å². The van der Waals surface area contributed by atoms with Gasteiger partial charge in [0, 0.05) is 12.2 Å². The highest BCUT2D eigenvalue weighted by Crippen LogP contribution is 2.25. The largest absolute Gasteiger partial charge is 0.485 e. The Morgan fingerprint density at radius 2 is 2.36 bits per heavy atom. The third-order valence-corrected chi connectivity index (χ3v) is 4.06. The second-order valence-corrected chi connectivity index (χ2v) is 5.61. The number of aryl methyl sites for hydroxylation is 2. The van der Waals surface area contributed by atoms with E-state index in [1.807, 2.05) is 24.7 Å². The van der Waals surface area contributed by atoms with Gasteiger partial charge in [0.2, 0.25) is 0 Å². The average Bonchev–Trinajstić information content (AvgIpc) is 3.22. The first kappa shape index (κ1) is 14.6. The average molecular weight is 303 g/mol. The molecule has 0 unspecified atom stereocenters. The Labute approximate surface area is 129 Å². The summed E-state index contributed by atoms with van der Waals surface area (Å²) >= 11 is 0. The molecule has 22 heavy (non-hydrogen) atoms. The number of hydrogen-bond donors (Lipinski definition) is 2. The molecule has 0 aromatic carbocycles. The van der Waals surface area contributed by atoms with Crippen LogP contribution in [0.4, 0.5) is 0 Å². The van der Waals surface area contributed by atoms with Crippen LogP contribution >= 0.6 is 0 Å². The van der Waals surface area contributed by atoms with Gasteiger partial charge in [0.25, 0.3) is 5.91 Å². The molecule has 1 saturated carbocycles. The highest BCUT2D eigenvalue weighted by atomic mass is 16.5. The Balaban J connectivity index is 1.63. The van der Waals surface area contributed by atoms with Crippen LogP contribution in [-0.2, 0) is 6.54 Å². The third kappa shape index (κ3) is 2.98. The lowest BCUT2D eigenvalue weighted by atomic mass is 10.2. The number of carbonyl (C=O) groups excluding carboxylic acids is 1. The number of ether oxygens (including phenoxy) is 1. The number of carbonyl (C=O) groups is 1. The number of H-pyrrole nitrogens is 1. The SMILES string of the molecule is CCn1cc(O[C@@H]2CCC[C@@H]2NC(=O)c2cn[nH]c2C)cn1. The van der Waals surface area contributed by atoms with Crippen molar-refractivity contribution in [3.8, 4) is 5.75 Å². The normalized spacial score (nSPS) is 21.0. The van der Waals surface area contributed by atoms with Gasteiger partial charge in [-0.05, 0) is 33.1 Å². The molecule has 0 spiro atoms. The van der Waals surface area contributed by atoms with Gasteiger partial charge in [0.15, 0.2) is 5.75 Å². The van der Waals surface area contributed by atoms with Crippen molar-refractivity contribution in [2.45, 2.75) is 51.8 Å². The molecule has 1 aliphatic rings. The van der Waals surface area contributed by atoms with Gasteiger partial charge in [-0.1, -0.05) is 0 Å². The molecule has 7 nitrogen and oxygen atoms in total. The monoisotopic (exact) mass is 303 g/mol. The van der Waals surface area contributed by atoms with Crippen LogP contribution < -0.4 is 10.1 Å². The maximum Gasteiger partial charge on any atom is 0.255 e. The molecule has 2 aromatic rings. The fourth-order valence-corrected chi connectivity index (χ4v) is 2.81. The predicted molar refractivity (Wildman–Crippen MR) is 80.7 cm³/mol. The second kappa shape index (κ2) is 6.21. The molecule has 2 aromatic heterocycles. The molecule has 1 aliphatic carbocycles. The molecule has 3 rings (SSSR count). The molecule has 0 bridgehead atoms. The minimum absolute atomic E-state index is 0.00865. The topological polar surface area (TPSA) is 84.8 Å². The maximum atomic E-state index is 12.3. The van der Waals surface area contributed by atoms with E-state index in [1.165, 1.54) is 0 Å². The zero-order chi connectivity index (χ0) is 15.5. The fourth-order valence-electron chi connectivity index (χ4n) is 2.81. The molecule has 1 fully saturated rings. The van der Waals surface area contributed by atoms with Crippen LogP contribution in [0.1, 0.15) is 42.2 Å². The summed E-state index contributed by atoms with van der Waals surface area (Å²) in [6.07, 6.45) is 8.06. The van der Waals surface area contributed by atoms with Crippen LogP contribution in [0.25, 0.3) is 0 Å². The number of aromatic nitrogens is 4. The Kier molecular flexibility index (Phi) is 4.13. The Hall–Kier alpha value is -2.31. The van der Waals surface area contributed by atoms with Crippen LogP contribution in [0.3, 0.4) is 0 Å². The maximum absolute atomic E-state index is 12.3. The number of hydrogen-bond acceptors (Lipinski definition) is 4. The van der Waals surface area contributed by atoms with Gasteiger partial charge in [-0.25, -0.2) is 0 Å². The number of aromatic amines is 1. The highest BCUT2D eigenvalue weighted by Gasteiger charge is 2.31. The molecule has 2 heterocycles. The lowest BCUT2D eigenvalue weighted by Gasteiger charge is -2.21. The van der Waals surface area contributed by atoms with Crippen LogP contribution in [0.2, 0.25) is 0 Å². The second-order valence-electron chi connectivity index (χ2n) is 5.61. The van der Waals surface area contributed by atoms with Crippen molar-refractivity contribution in [1.29, 1.82) is 0 Å². The predicted octanol–water partition coefficient (Wildman–Crippen LogP) is 1.66. The zero-order valence-electron chi connectivity index (χ0n) is 12.9. The molecule has 0 saturated heterocycles. The van der Waals surface area contributed by atoms with Crippen LogP contribution in [-0.4, -0.2) is 38.0 Å². The Morgan fingerprint density at radius 1 is 1.50 bits per heavy atom. The zero-order valence-corrected chi connectivity index (χ0v) is 12.9. The molecule has 2 N–H and O–H groups in total. The number of rotatable bonds is 5. The molecule has 0 aliphatic heterocycles. The lowest BCUT2D eigenvalue weighted by molar-refractivity contribution is 0.0893. The first-order valence-electron chi connectivity index (χ1n) is 7.67. The number of amides is 1. The van der Waals surface area contributed by atoms with E-state index in [0.717, 1.165) is 37.3 Å². The van der Waals surface area contributed by atoms with E-state index in [4.69, 9.17) is 4.74 Å². The first-order chi connectivity index (χ1) is 10.7. The minimum atomic E-state index is -0.101. The third-order valence-electron chi connectivity index (χ3n) is 4.06. The summed E-state index contributed by atoms with van der Waals surface area (Å²) < 4.78 is 7.82. The van der Waals surface area contributed by atoms with Gasteiger partial charge in [-0.15, -0.1) is 0 Å². The van der Waals surface area contributed by atoms with Crippen LogP contribution in [0, 0.1) is 6.92 Å². The van der Waals surface area contributed by atoms with Crippen molar-refractivity contribution in [2.75, 3.05) is 0 Å². The molecule has 0 radical (unpaired) electrons. The summed E-state index contributed by atoms with van der Waals surface area (Å²) in [5, 5.41) is 13.9. The van der Waals surface area contributed by atoms with Crippen LogP contribution in [0.5, 0.6) is 5.75 Å². The van der Waals surface area contributed by atoms with E-state index in [2.05, 4.69) is 20.6 Å². The Morgan fingerprint density at radius 3 is 3.05 bits per heavy atom. The van der Waals surface area contributed by atoms with Crippen molar-refractivity contribution in [1.82, 2.24) is 25.3 Å². The fraction of sp³-hybridized carbons (Fsp3) is 0.533. The molecular weight excluding hydrogens is 282 g/mol. The minimum Gasteiger partial charge on any atom is -0.485 e. The van der Waals surface area contributed by atoms with Crippen molar-refractivity contribution >= 4 is 5.91 Å². The molecular formula is C15H21N5O2. The van der Waals surface area contributed by atoms with E-state index in [1.54, 1.807) is 12.4 Å². The standard InChI is InChI=1S/C15H21N5O2/c1-3-20-9-11(7-17-20)22-14-6-4-5-13(14)18-15(21)12-8-16-19-10(12)2/h7-9,13-14H,3-6H2,1-2H3,(H,16,19)(H,18,21)/t13-,14+/m0/s1. The van der Waals surface area contributed by atoms with E-state index in [-0.39, 0.29) is 18.1 Å². The summed E-state index contributed by atoms with van der Waals surface area (Å²) in [6, 6.07) is 0.0202. The van der Waals surface area contributed by atoms with E-state index in [9.17, 15) is 4.79 Å². The van der Waals surface area contributed by atoms with Crippen molar-refractivity contribution < 1.29 is 9.53 Å². The van der Waals surface area contributed by atoms with Gasteiger partial charge in [0.05, 0.1) is 30.2 Å². The quantitative estimate of drug-likeness (QED) is 0.880. The lowest BCUT2D eigenvalue weighted by Crippen LogP contribution is -2.42. The Bertz CT molecular complexity index is 648. The smallest absolute Gasteiger partial charge is 0.255 e. The molecule has 118 valence electrons. The first-order valence-corrected chi connectivity index (χ1v) is 7.67. The van der Waals surface area contributed by atoms with Gasteiger partial charge in [-0.3, -0.25) is 14.6 Å². The van der Waals surface area contributed by atoms with E-state index >= 15 is 0 Å². The molecule has 1 amide bonds. The molecule has 2 atom stereocenters. The highest BCUT2D eigenvalue weighted by molar-refractivity contribution is 5.95. The summed E-state index contributed by atoms with van der Waals surface area (Å²) in [5.41, 5.74) is 1.36. The van der Waals surface area contributed by atoms with E-state index in [0.29, 0.717) is 5.56 Å². The van der Waals surface area contributed by atoms with E-state index < -0.39 is 0 Å². The van der Waals surface area contributed by atoms with Gasteiger partial charge >= 0.3 is 0 Å². The van der Waals surface area contributed by atoms with Gasteiger partial charge in [0.1, 0.15) is 6.10 Å². The summed E-state index contributed by atoms with van der Waals surface area (Å²) in [4.78, 5) is 12.3. The van der Waals surface area contributed by atoms with Crippen molar-refractivity contribution in [3.63, 3.8) is 0 Å². The van der Waals surface area contributed by atoms with Crippen molar-refractivity contribution in [2.24, 2.45) is 0 Å². The summed E-state index contributed by atoms with van der Waals surface area (Å²) in [7, 11) is 0.